The molecule has 0 aliphatic carbocycles. The first-order valence-corrected chi connectivity index (χ1v) is 6.66. The number of pyridine rings is 1. The quantitative estimate of drug-likeness (QED) is 0.914. The second-order valence-electron chi connectivity index (χ2n) is 5.00. The lowest BCUT2D eigenvalue weighted by Gasteiger charge is -2.28. The van der Waals surface area contributed by atoms with Crippen molar-refractivity contribution in [1.82, 2.24) is 9.88 Å². The molecule has 20 heavy (non-hydrogen) atoms. The van der Waals surface area contributed by atoms with E-state index in [0.29, 0.717) is 23.9 Å². The number of carboxylic acid groups (broad SMARTS) is 1. The Bertz CT molecular complexity index is 700. The molecule has 0 amide bonds. The largest absolute Gasteiger partial charge is 0.478 e. The van der Waals surface area contributed by atoms with Crippen molar-refractivity contribution in [2.45, 2.75) is 19.9 Å². The molecule has 104 valence electrons. The van der Waals surface area contributed by atoms with Crippen LogP contribution in [0.4, 0.5) is 4.39 Å². The van der Waals surface area contributed by atoms with Crippen molar-refractivity contribution in [3.05, 3.63) is 40.8 Å². The van der Waals surface area contributed by atoms with E-state index in [1.165, 1.54) is 18.2 Å². The maximum absolute atomic E-state index is 13.3. The van der Waals surface area contributed by atoms with Crippen molar-refractivity contribution >= 4 is 16.9 Å². The predicted octanol–water partition coefficient (Wildman–Crippen LogP) is 2.45. The van der Waals surface area contributed by atoms with Gasteiger partial charge in [0.05, 0.1) is 11.1 Å². The van der Waals surface area contributed by atoms with Gasteiger partial charge in [-0.25, -0.2) is 9.18 Å². The number of halogens is 1. The van der Waals surface area contributed by atoms with Gasteiger partial charge in [0, 0.05) is 42.2 Å². The van der Waals surface area contributed by atoms with Gasteiger partial charge in [-0.05, 0) is 18.7 Å². The molecule has 0 saturated carbocycles. The summed E-state index contributed by atoms with van der Waals surface area (Å²) in [6.45, 7) is 4.37. The molecule has 1 aliphatic rings. The molecule has 1 N–H and O–H groups in total. The minimum absolute atomic E-state index is 0.267. The third kappa shape index (κ3) is 2.04. The number of hydrogen-bond acceptors (Lipinski definition) is 3. The SMILES string of the molecule is CCN1CCc2nc3cc(F)ccc3c(C(=O)O)c2C1. The van der Waals surface area contributed by atoms with E-state index in [9.17, 15) is 14.3 Å². The van der Waals surface area contributed by atoms with Crippen molar-refractivity contribution in [2.75, 3.05) is 13.1 Å². The first-order chi connectivity index (χ1) is 9.60. The first-order valence-electron chi connectivity index (χ1n) is 6.66. The summed E-state index contributed by atoms with van der Waals surface area (Å²) in [7, 11) is 0. The lowest BCUT2D eigenvalue weighted by atomic mass is 9.96. The van der Waals surface area contributed by atoms with Gasteiger partial charge in [0.15, 0.2) is 0 Å². The Hall–Kier alpha value is -2.01. The standard InChI is InChI=1S/C15H15FN2O2/c1-2-18-6-5-12-11(8-18)14(15(19)20)10-4-3-9(16)7-13(10)17-12/h3-4,7H,2,5-6,8H2,1H3,(H,19,20). The average molecular weight is 274 g/mol. The molecule has 3 rings (SSSR count). The number of carboxylic acids is 1. The summed E-state index contributed by atoms with van der Waals surface area (Å²) in [5.41, 5.74) is 2.24. The number of rotatable bonds is 2. The average Bonchev–Trinajstić information content (AvgIpc) is 2.43. The zero-order valence-electron chi connectivity index (χ0n) is 11.2. The maximum atomic E-state index is 13.3. The van der Waals surface area contributed by atoms with Crippen molar-refractivity contribution < 1.29 is 14.3 Å². The van der Waals surface area contributed by atoms with Gasteiger partial charge in [0.25, 0.3) is 0 Å². The molecule has 5 heteroatoms. The summed E-state index contributed by atoms with van der Waals surface area (Å²) in [4.78, 5) is 18.3. The lowest BCUT2D eigenvalue weighted by molar-refractivity contribution is 0.0695. The van der Waals surface area contributed by atoms with Crippen LogP contribution in [0, 0.1) is 5.82 Å². The molecular formula is C15H15FN2O2. The van der Waals surface area contributed by atoms with E-state index in [2.05, 4.69) is 16.8 Å². The van der Waals surface area contributed by atoms with Crippen molar-refractivity contribution in [2.24, 2.45) is 0 Å². The summed E-state index contributed by atoms with van der Waals surface area (Å²) in [5.74, 6) is -1.37. The van der Waals surface area contributed by atoms with E-state index >= 15 is 0 Å². The van der Waals surface area contributed by atoms with Crippen LogP contribution in [0.25, 0.3) is 10.9 Å². The molecule has 1 aromatic heterocycles. The molecule has 0 fully saturated rings. The van der Waals surface area contributed by atoms with Gasteiger partial charge < -0.3 is 5.11 Å². The number of aromatic carboxylic acids is 1. The molecule has 0 atom stereocenters. The Labute approximate surface area is 115 Å². The smallest absolute Gasteiger partial charge is 0.336 e. The van der Waals surface area contributed by atoms with Crippen LogP contribution in [0.1, 0.15) is 28.5 Å². The van der Waals surface area contributed by atoms with Gasteiger partial charge in [-0.1, -0.05) is 6.92 Å². The van der Waals surface area contributed by atoms with Gasteiger partial charge in [0.2, 0.25) is 0 Å². The highest BCUT2D eigenvalue weighted by Crippen LogP contribution is 2.28. The fourth-order valence-corrected chi connectivity index (χ4v) is 2.79. The third-order valence-electron chi connectivity index (χ3n) is 3.84. The molecule has 2 heterocycles. The highest BCUT2D eigenvalue weighted by molar-refractivity contribution is 6.04. The number of hydrogen-bond donors (Lipinski definition) is 1. The number of nitrogens with zero attached hydrogens (tertiary/aromatic N) is 2. The Morgan fingerprint density at radius 3 is 3.00 bits per heavy atom. The third-order valence-corrected chi connectivity index (χ3v) is 3.84. The van der Waals surface area contributed by atoms with Gasteiger partial charge in [0.1, 0.15) is 5.82 Å². The molecule has 0 spiro atoms. The Kier molecular flexibility index (Phi) is 3.14. The van der Waals surface area contributed by atoms with Gasteiger partial charge in [-0.15, -0.1) is 0 Å². The Morgan fingerprint density at radius 1 is 1.50 bits per heavy atom. The summed E-state index contributed by atoms with van der Waals surface area (Å²) >= 11 is 0. The second kappa shape index (κ2) is 4.83. The van der Waals surface area contributed by atoms with Crippen LogP contribution in [-0.2, 0) is 13.0 Å². The molecular weight excluding hydrogens is 259 g/mol. The van der Waals surface area contributed by atoms with Crippen molar-refractivity contribution in [1.29, 1.82) is 0 Å². The number of fused-ring (bicyclic) bond motifs is 2. The van der Waals surface area contributed by atoms with E-state index in [1.807, 2.05) is 0 Å². The summed E-state index contributed by atoms with van der Waals surface area (Å²) < 4.78 is 13.3. The first kappa shape index (κ1) is 13.0. The predicted molar refractivity (Wildman–Crippen MR) is 73.3 cm³/mol. The highest BCUT2D eigenvalue weighted by atomic mass is 19.1. The van der Waals surface area contributed by atoms with Crippen LogP contribution in [-0.4, -0.2) is 34.0 Å². The fourth-order valence-electron chi connectivity index (χ4n) is 2.79. The van der Waals surface area contributed by atoms with E-state index in [-0.39, 0.29) is 5.56 Å². The van der Waals surface area contributed by atoms with E-state index in [1.54, 1.807) is 0 Å². The summed E-state index contributed by atoms with van der Waals surface area (Å²) in [5, 5.41) is 10.0. The fraction of sp³-hybridized carbons (Fsp3) is 0.333. The van der Waals surface area contributed by atoms with Crippen LogP contribution in [0.3, 0.4) is 0 Å². The Morgan fingerprint density at radius 2 is 2.30 bits per heavy atom. The normalized spacial score (nSPS) is 15.3. The minimum Gasteiger partial charge on any atom is -0.478 e. The van der Waals surface area contributed by atoms with E-state index < -0.39 is 11.8 Å². The number of aromatic nitrogens is 1. The van der Waals surface area contributed by atoms with Crippen molar-refractivity contribution in [3.63, 3.8) is 0 Å². The maximum Gasteiger partial charge on any atom is 0.336 e. The van der Waals surface area contributed by atoms with Crippen LogP contribution in [0.15, 0.2) is 18.2 Å². The van der Waals surface area contributed by atoms with Crippen LogP contribution in [0.2, 0.25) is 0 Å². The van der Waals surface area contributed by atoms with Crippen molar-refractivity contribution in [3.8, 4) is 0 Å². The van der Waals surface area contributed by atoms with Crippen LogP contribution in [0.5, 0.6) is 0 Å². The van der Waals surface area contributed by atoms with Crippen LogP contribution >= 0.6 is 0 Å². The summed E-state index contributed by atoms with van der Waals surface area (Å²) in [6.07, 6.45) is 0.704. The van der Waals surface area contributed by atoms with Gasteiger partial charge >= 0.3 is 5.97 Å². The molecule has 1 aromatic carbocycles. The minimum atomic E-state index is -0.974. The highest BCUT2D eigenvalue weighted by Gasteiger charge is 2.25. The second-order valence-corrected chi connectivity index (χ2v) is 5.00. The number of benzene rings is 1. The zero-order chi connectivity index (χ0) is 14.3. The van der Waals surface area contributed by atoms with E-state index in [4.69, 9.17) is 0 Å². The molecule has 0 saturated heterocycles. The van der Waals surface area contributed by atoms with Gasteiger partial charge in [-0.2, -0.15) is 0 Å². The Balaban J connectivity index is 2.29. The molecule has 0 bridgehead atoms. The molecule has 1 aliphatic heterocycles. The number of likely N-dealkylation sites (N-methyl/N-ethyl adjacent to an activating group) is 1. The van der Waals surface area contributed by atoms with E-state index in [0.717, 1.165) is 24.3 Å². The lowest BCUT2D eigenvalue weighted by Crippen LogP contribution is -2.32. The summed E-state index contributed by atoms with van der Waals surface area (Å²) in [6, 6.07) is 4.09. The number of carbonyl (C=O) groups is 1. The molecule has 0 unspecified atom stereocenters. The topological polar surface area (TPSA) is 53.4 Å². The van der Waals surface area contributed by atoms with Gasteiger partial charge in [-0.3, -0.25) is 9.88 Å². The monoisotopic (exact) mass is 274 g/mol. The zero-order valence-corrected chi connectivity index (χ0v) is 11.2. The van der Waals surface area contributed by atoms with Crippen LogP contribution < -0.4 is 0 Å². The molecule has 4 nitrogen and oxygen atoms in total. The molecule has 0 radical (unpaired) electrons. The molecule has 2 aromatic rings.